The van der Waals surface area contributed by atoms with Crippen molar-refractivity contribution in [2.75, 3.05) is 7.11 Å². The van der Waals surface area contributed by atoms with E-state index in [1.54, 1.807) is 19.1 Å². The fraction of sp³-hybridized carbons (Fsp3) is 0.450. The van der Waals surface area contributed by atoms with Crippen molar-refractivity contribution in [2.24, 2.45) is 5.92 Å². The zero-order valence-corrected chi connectivity index (χ0v) is 15.6. The zero-order chi connectivity index (χ0) is 18.9. The number of hydrogen-bond donors (Lipinski definition) is 1. The lowest BCUT2D eigenvalue weighted by Crippen LogP contribution is -2.29. The van der Waals surface area contributed by atoms with Crippen molar-refractivity contribution < 1.29 is 23.8 Å². The monoisotopic (exact) mass is 348 g/mol. The Labute approximate surface area is 148 Å². The molecule has 1 heterocycles. The van der Waals surface area contributed by atoms with Crippen molar-refractivity contribution in [3.63, 3.8) is 0 Å². The Kier molecular flexibility index (Phi) is 5.26. The SMILES string of the molecule is CCC(=C(F)C(=O)O)c1cc2c(cc1OC)OC(C)(C)C=C2C(C)C. The summed E-state index contributed by atoms with van der Waals surface area (Å²) in [7, 11) is 1.48. The first-order valence-electron chi connectivity index (χ1n) is 8.37. The Balaban J connectivity index is 2.77. The number of allylic oxidation sites excluding steroid dienone is 2. The van der Waals surface area contributed by atoms with E-state index in [0.29, 0.717) is 17.1 Å². The van der Waals surface area contributed by atoms with E-state index in [-0.39, 0.29) is 17.9 Å². The van der Waals surface area contributed by atoms with Gasteiger partial charge in [0.1, 0.15) is 17.1 Å². The summed E-state index contributed by atoms with van der Waals surface area (Å²) in [6.07, 6.45) is 2.29. The molecule has 1 aromatic carbocycles. The van der Waals surface area contributed by atoms with Crippen molar-refractivity contribution in [1.82, 2.24) is 0 Å². The Bertz CT molecular complexity index is 757. The maximum atomic E-state index is 14.2. The fourth-order valence-electron chi connectivity index (χ4n) is 3.11. The van der Waals surface area contributed by atoms with E-state index >= 15 is 0 Å². The first-order chi connectivity index (χ1) is 11.6. The molecule has 1 aliphatic heterocycles. The standard InChI is InChI=1S/C20H25FO4/c1-7-12(18(21)19(22)23)13-8-14-15(11(2)3)10-20(4,5)25-17(14)9-16(13)24-6/h8-11H,7H2,1-6H3,(H,22,23). The largest absolute Gasteiger partial charge is 0.496 e. The van der Waals surface area contributed by atoms with E-state index in [9.17, 15) is 9.18 Å². The molecule has 5 heteroatoms. The van der Waals surface area contributed by atoms with Crippen LogP contribution in [0.2, 0.25) is 0 Å². The molecule has 0 saturated heterocycles. The number of halogens is 1. The molecule has 0 radical (unpaired) electrons. The van der Waals surface area contributed by atoms with Gasteiger partial charge in [0.15, 0.2) is 0 Å². The maximum Gasteiger partial charge on any atom is 0.365 e. The van der Waals surface area contributed by atoms with Crippen LogP contribution in [0, 0.1) is 5.92 Å². The van der Waals surface area contributed by atoms with Crippen molar-refractivity contribution in [3.8, 4) is 11.5 Å². The average Bonchev–Trinajstić information content (AvgIpc) is 2.53. The van der Waals surface area contributed by atoms with E-state index < -0.39 is 17.4 Å². The number of rotatable bonds is 5. The van der Waals surface area contributed by atoms with Crippen LogP contribution in [-0.2, 0) is 4.79 Å². The molecule has 0 unspecified atom stereocenters. The summed E-state index contributed by atoms with van der Waals surface area (Å²) in [4.78, 5) is 11.1. The second kappa shape index (κ2) is 6.90. The second-order valence-electron chi connectivity index (χ2n) is 6.96. The predicted octanol–water partition coefficient (Wildman–Crippen LogP) is 5.08. The lowest BCUT2D eigenvalue weighted by molar-refractivity contribution is -0.134. The fourth-order valence-corrected chi connectivity index (χ4v) is 3.11. The number of carbonyl (C=O) groups is 1. The van der Waals surface area contributed by atoms with Gasteiger partial charge < -0.3 is 14.6 Å². The van der Waals surface area contributed by atoms with Crippen LogP contribution in [0.25, 0.3) is 11.1 Å². The number of ether oxygens (including phenoxy) is 2. The Morgan fingerprint density at radius 3 is 2.48 bits per heavy atom. The number of aliphatic carboxylic acids is 1. The van der Waals surface area contributed by atoms with Gasteiger partial charge in [-0.2, -0.15) is 4.39 Å². The molecule has 0 spiro atoms. The summed E-state index contributed by atoms with van der Waals surface area (Å²) < 4.78 is 25.6. The van der Waals surface area contributed by atoms with Gasteiger partial charge in [-0.05, 0) is 43.9 Å². The highest BCUT2D eigenvalue weighted by atomic mass is 19.1. The normalized spacial score (nSPS) is 16.6. The molecular formula is C20H25FO4. The zero-order valence-electron chi connectivity index (χ0n) is 15.6. The molecule has 0 atom stereocenters. The van der Waals surface area contributed by atoms with E-state index in [0.717, 1.165) is 11.1 Å². The lowest BCUT2D eigenvalue weighted by atomic mass is 9.86. The van der Waals surface area contributed by atoms with Crippen molar-refractivity contribution in [1.29, 1.82) is 0 Å². The molecule has 0 bridgehead atoms. The molecule has 0 aliphatic carbocycles. The minimum Gasteiger partial charge on any atom is -0.496 e. The number of benzene rings is 1. The quantitative estimate of drug-likeness (QED) is 0.754. The van der Waals surface area contributed by atoms with Gasteiger partial charge in [-0.1, -0.05) is 20.8 Å². The molecule has 1 aromatic rings. The Morgan fingerprint density at radius 1 is 1.36 bits per heavy atom. The van der Waals surface area contributed by atoms with E-state index in [1.807, 2.05) is 13.8 Å². The van der Waals surface area contributed by atoms with Gasteiger partial charge in [0, 0.05) is 22.8 Å². The Hall–Kier alpha value is -2.30. The molecule has 136 valence electrons. The smallest absolute Gasteiger partial charge is 0.365 e. The van der Waals surface area contributed by atoms with Gasteiger partial charge in [0.25, 0.3) is 0 Å². The van der Waals surface area contributed by atoms with Gasteiger partial charge in [0.05, 0.1) is 7.11 Å². The van der Waals surface area contributed by atoms with Crippen LogP contribution in [0.15, 0.2) is 24.0 Å². The van der Waals surface area contributed by atoms with Crippen LogP contribution in [-0.4, -0.2) is 23.8 Å². The lowest BCUT2D eigenvalue weighted by Gasteiger charge is -2.33. The number of methoxy groups -OCH3 is 1. The molecule has 0 amide bonds. The molecule has 0 saturated carbocycles. The molecule has 1 N–H and O–H groups in total. The van der Waals surface area contributed by atoms with Crippen LogP contribution < -0.4 is 9.47 Å². The third kappa shape index (κ3) is 3.70. The summed E-state index contributed by atoms with van der Waals surface area (Å²) in [5.74, 6) is -1.45. The number of carboxylic acids is 1. The molecule has 0 aromatic heterocycles. The summed E-state index contributed by atoms with van der Waals surface area (Å²) in [5, 5.41) is 9.05. The minimum atomic E-state index is -1.58. The molecule has 1 aliphatic rings. The predicted molar refractivity (Wildman–Crippen MR) is 96.5 cm³/mol. The van der Waals surface area contributed by atoms with Gasteiger partial charge in [-0.25, -0.2) is 4.79 Å². The minimum absolute atomic E-state index is 0.111. The van der Waals surface area contributed by atoms with Gasteiger partial charge >= 0.3 is 5.97 Å². The summed E-state index contributed by atoms with van der Waals surface area (Å²) in [6, 6.07) is 3.49. The van der Waals surface area contributed by atoms with Crippen molar-refractivity contribution in [2.45, 2.75) is 46.6 Å². The molecular weight excluding hydrogens is 323 g/mol. The van der Waals surface area contributed by atoms with Gasteiger partial charge in [0.2, 0.25) is 5.83 Å². The van der Waals surface area contributed by atoms with Gasteiger partial charge in [-0.15, -0.1) is 0 Å². The molecule has 25 heavy (non-hydrogen) atoms. The molecule has 0 fully saturated rings. The van der Waals surface area contributed by atoms with Crippen LogP contribution in [0.1, 0.15) is 52.2 Å². The van der Waals surface area contributed by atoms with Crippen molar-refractivity contribution in [3.05, 3.63) is 35.2 Å². The highest BCUT2D eigenvalue weighted by Gasteiger charge is 2.30. The third-order valence-electron chi connectivity index (χ3n) is 4.24. The average molecular weight is 348 g/mol. The number of hydrogen-bond acceptors (Lipinski definition) is 3. The van der Waals surface area contributed by atoms with Crippen LogP contribution in [0.5, 0.6) is 11.5 Å². The van der Waals surface area contributed by atoms with Gasteiger partial charge in [-0.3, -0.25) is 0 Å². The highest BCUT2D eigenvalue weighted by Crippen LogP contribution is 2.45. The van der Waals surface area contributed by atoms with E-state index in [2.05, 4.69) is 19.9 Å². The first kappa shape index (κ1) is 19.0. The Morgan fingerprint density at radius 2 is 2.00 bits per heavy atom. The topological polar surface area (TPSA) is 55.8 Å². The summed E-state index contributed by atoms with van der Waals surface area (Å²) in [6.45, 7) is 9.82. The highest BCUT2D eigenvalue weighted by molar-refractivity contribution is 5.95. The van der Waals surface area contributed by atoms with Crippen molar-refractivity contribution >= 4 is 17.1 Å². The van der Waals surface area contributed by atoms with Crippen LogP contribution in [0.3, 0.4) is 0 Å². The van der Waals surface area contributed by atoms with E-state index in [1.165, 1.54) is 7.11 Å². The molecule has 4 nitrogen and oxygen atoms in total. The third-order valence-corrected chi connectivity index (χ3v) is 4.24. The second-order valence-corrected chi connectivity index (χ2v) is 6.96. The summed E-state index contributed by atoms with van der Waals surface area (Å²) >= 11 is 0. The van der Waals surface area contributed by atoms with Crippen LogP contribution in [0.4, 0.5) is 4.39 Å². The summed E-state index contributed by atoms with van der Waals surface area (Å²) in [5.41, 5.74) is 2.02. The van der Waals surface area contributed by atoms with E-state index in [4.69, 9.17) is 14.6 Å². The molecule has 2 rings (SSSR count). The maximum absolute atomic E-state index is 14.2. The van der Waals surface area contributed by atoms with Crippen LogP contribution >= 0.6 is 0 Å². The number of carboxylic acid groups (broad SMARTS) is 1. The first-order valence-corrected chi connectivity index (χ1v) is 8.37. The number of fused-ring (bicyclic) bond motifs is 1.